The third kappa shape index (κ3) is 4.39. The maximum Gasteiger partial charge on any atom is 0.248 e. The van der Waals surface area contributed by atoms with E-state index >= 15 is 0 Å². The Morgan fingerprint density at radius 3 is 2.36 bits per heavy atom. The Kier molecular flexibility index (Phi) is 5.36. The van der Waals surface area contributed by atoms with Crippen LogP contribution in [0.3, 0.4) is 0 Å². The second kappa shape index (κ2) is 7.85. The number of hydrogen-bond donors (Lipinski definition) is 2. The molecule has 2 aromatic carbocycles. The second-order valence-corrected chi connectivity index (χ2v) is 5.96. The minimum absolute atomic E-state index is 0.331. The van der Waals surface area contributed by atoms with Crippen molar-refractivity contribution in [3.8, 4) is 11.6 Å². The van der Waals surface area contributed by atoms with Crippen LogP contribution in [0.1, 0.15) is 18.1 Å². The maximum absolute atomic E-state index is 6.14. The van der Waals surface area contributed by atoms with Crippen LogP contribution in [0.4, 0.5) is 11.5 Å². The summed E-state index contributed by atoms with van der Waals surface area (Å²) in [6, 6.07) is 15.4. The summed E-state index contributed by atoms with van der Waals surface area (Å²) in [6.45, 7) is 2.68. The van der Waals surface area contributed by atoms with Gasteiger partial charge in [-0.15, -0.1) is 0 Å². The molecule has 0 aliphatic rings. The van der Waals surface area contributed by atoms with Crippen molar-refractivity contribution in [3.63, 3.8) is 0 Å². The van der Waals surface area contributed by atoms with Crippen LogP contribution in [0.25, 0.3) is 0 Å². The minimum atomic E-state index is 0.331. The largest absolute Gasteiger partial charge is 0.437 e. The fourth-order valence-electron chi connectivity index (χ4n) is 2.29. The summed E-state index contributed by atoms with van der Waals surface area (Å²) in [6.07, 6.45) is 2.41. The van der Waals surface area contributed by atoms with Crippen molar-refractivity contribution in [1.29, 1.82) is 0 Å². The predicted molar refractivity (Wildman–Crippen MR) is 101 cm³/mol. The maximum atomic E-state index is 6.14. The fraction of sp³-hybridized carbons (Fsp3) is 0.158. The number of nitrogens with two attached hydrogens (primary N) is 1. The molecule has 25 heavy (non-hydrogen) atoms. The molecule has 0 spiro atoms. The molecule has 0 aliphatic heterocycles. The van der Waals surface area contributed by atoms with E-state index < -0.39 is 0 Å². The Hall–Kier alpha value is -2.79. The lowest BCUT2D eigenvalue weighted by Crippen LogP contribution is -2.06. The molecule has 0 saturated carbocycles. The molecule has 0 bridgehead atoms. The molecule has 3 N–H and O–H groups in total. The van der Waals surface area contributed by atoms with E-state index in [-0.39, 0.29) is 0 Å². The molecule has 0 amide bonds. The molecule has 0 saturated heterocycles. The average Bonchev–Trinajstić information content (AvgIpc) is 2.64. The quantitative estimate of drug-likeness (QED) is 0.672. The zero-order valence-electron chi connectivity index (χ0n) is 13.9. The van der Waals surface area contributed by atoms with Crippen molar-refractivity contribution >= 4 is 23.1 Å². The van der Waals surface area contributed by atoms with Crippen LogP contribution in [-0.2, 0) is 13.0 Å². The molecule has 0 aliphatic carbocycles. The van der Waals surface area contributed by atoms with E-state index in [9.17, 15) is 0 Å². The van der Waals surface area contributed by atoms with E-state index in [1.807, 2.05) is 48.5 Å². The number of halogens is 1. The molecular formula is C19H19ClN4O. The van der Waals surface area contributed by atoms with Crippen molar-refractivity contribution in [2.75, 3.05) is 11.1 Å². The van der Waals surface area contributed by atoms with Gasteiger partial charge in [-0.05, 0) is 41.8 Å². The molecule has 5 nitrogen and oxygen atoms in total. The normalized spacial score (nSPS) is 10.5. The predicted octanol–water partition coefficient (Wildman–Crippen LogP) is 4.68. The lowest BCUT2D eigenvalue weighted by molar-refractivity contribution is 0.464. The van der Waals surface area contributed by atoms with Gasteiger partial charge in [-0.1, -0.05) is 42.8 Å². The first-order valence-electron chi connectivity index (χ1n) is 8.01. The highest BCUT2D eigenvalue weighted by Gasteiger charge is 2.10. The number of nitrogen functional groups attached to an aromatic ring is 1. The first kappa shape index (κ1) is 17.0. The third-order valence-corrected chi connectivity index (χ3v) is 4.02. The summed E-state index contributed by atoms with van der Waals surface area (Å²) in [7, 11) is 0. The molecule has 0 fully saturated rings. The molecule has 128 valence electrons. The number of aromatic nitrogens is 2. The highest BCUT2D eigenvalue weighted by atomic mass is 35.5. The molecular weight excluding hydrogens is 336 g/mol. The van der Waals surface area contributed by atoms with E-state index in [4.69, 9.17) is 22.1 Å². The molecule has 1 aromatic heterocycles. The SMILES string of the molecule is CCc1ccc(Oc2ncnc(NCc3ccc(Cl)cc3)c2N)cc1. The topological polar surface area (TPSA) is 73.1 Å². The summed E-state index contributed by atoms with van der Waals surface area (Å²) < 4.78 is 5.78. The molecule has 3 rings (SSSR count). The number of nitrogens with one attached hydrogen (secondary N) is 1. The summed E-state index contributed by atoms with van der Waals surface area (Å²) in [5.74, 6) is 1.55. The van der Waals surface area contributed by atoms with Gasteiger partial charge >= 0.3 is 0 Å². The molecule has 6 heteroatoms. The highest BCUT2D eigenvalue weighted by molar-refractivity contribution is 6.30. The van der Waals surface area contributed by atoms with Gasteiger partial charge in [0.2, 0.25) is 5.88 Å². The van der Waals surface area contributed by atoms with Gasteiger partial charge < -0.3 is 15.8 Å². The summed E-state index contributed by atoms with van der Waals surface area (Å²) in [4.78, 5) is 8.31. The van der Waals surface area contributed by atoms with Crippen LogP contribution in [0.15, 0.2) is 54.9 Å². The van der Waals surface area contributed by atoms with Gasteiger partial charge in [0, 0.05) is 11.6 Å². The van der Waals surface area contributed by atoms with Crippen LogP contribution in [-0.4, -0.2) is 9.97 Å². The van der Waals surface area contributed by atoms with Crippen LogP contribution in [0.5, 0.6) is 11.6 Å². The number of hydrogen-bond acceptors (Lipinski definition) is 5. The average molecular weight is 355 g/mol. The van der Waals surface area contributed by atoms with Crippen LogP contribution >= 0.6 is 11.6 Å². The number of benzene rings is 2. The van der Waals surface area contributed by atoms with Crippen molar-refractivity contribution < 1.29 is 4.74 Å². The van der Waals surface area contributed by atoms with Crippen molar-refractivity contribution in [2.24, 2.45) is 0 Å². The Bertz CT molecular complexity index is 835. The van der Waals surface area contributed by atoms with E-state index in [0.717, 1.165) is 12.0 Å². The van der Waals surface area contributed by atoms with E-state index in [0.29, 0.717) is 34.7 Å². The zero-order valence-corrected chi connectivity index (χ0v) is 14.6. The smallest absolute Gasteiger partial charge is 0.248 e. The summed E-state index contributed by atoms with van der Waals surface area (Å²) in [5.41, 5.74) is 8.83. The second-order valence-electron chi connectivity index (χ2n) is 5.52. The van der Waals surface area contributed by atoms with E-state index in [2.05, 4.69) is 22.2 Å². The van der Waals surface area contributed by atoms with Gasteiger partial charge in [0.15, 0.2) is 5.82 Å². The van der Waals surface area contributed by atoms with Gasteiger partial charge in [-0.2, -0.15) is 4.98 Å². The van der Waals surface area contributed by atoms with E-state index in [1.165, 1.54) is 11.9 Å². The van der Waals surface area contributed by atoms with Gasteiger partial charge in [-0.3, -0.25) is 0 Å². The van der Waals surface area contributed by atoms with Gasteiger partial charge in [0.1, 0.15) is 17.8 Å². The van der Waals surface area contributed by atoms with Crippen molar-refractivity contribution in [2.45, 2.75) is 19.9 Å². The minimum Gasteiger partial charge on any atom is -0.437 e. The number of ether oxygens (including phenoxy) is 1. The molecule has 0 radical (unpaired) electrons. The first-order valence-corrected chi connectivity index (χ1v) is 8.39. The van der Waals surface area contributed by atoms with Gasteiger partial charge in [0.05, 0.1) is 0 Å². The van der Waals surface area contributed by atoms with Crippen molar-refractivity contribution in [1.82, 2.24) is 9.97 Å². The third-order valence-electron chi connectivity index (χ3n) is 3.77. The standard InChI is InChI=1S/C19H19ClN4O/c1-2-13-5-9-16(10-6-13)25-19-17(21)18(23-12-24-19)22-11-14-3-7-15(20)8-4-14/h3-10,12H,2,11,21H2,1H3,(H,22,23,24). The van der Waals surface area contributed by atoms with Crippen LogP contribution in [0, 0.1) is 0 Å². The molecule has 0 atom stereocenters. The first-order chi connectivity index (χ1) is 12.2. The number of anilines is 2. The lowest BCUT2D eigenvalue weighted by atomic mass is 10.2. The Morgan fingerprint density at radius 1 is 1.00 bits per heavy atom. The highest BCUT2D eigenvalue weighted by Crippen LogP contribution is 2.29. The van der Waals surface area contributed by atoms with Crippen LogP contribution < -0.4 is 15.8 Å². The Labute approximate surface area is 151 Å². The summed E-state index contributed by atoms with van der Waals surface area (Å²) >= 11 is 5.89. The summed E-state index contributed by atoms with van der Waals surface area (Å²) in [5, 5.41) is 3.90. The number of nitrogens with zero attached hydrogens (tertiary/aromatic N) is 2. The Morgan fingerprint density at radius 2 is 1.68 bits per heavy atom. The van der Waals surface area contributed by atoms with Crippen molar-refractivity contribution in [3.05, 3.63) is 71.0 Å². The van der Waals surface area contributed by atoms with Gasteiger partial charge in [-0.25, -0.2) is 4.98 Å². The lowest BCUT2D eigenvalue weighted by Gasteiger charge is -2.12. The Balaban J connectivity index is 1.71. The monoisotopic (exact) mass is 354 g/mol. The number of rotatable bonds is 6. The van der Waals surface area contributed by atoms with Crippen LogP contribution in [0.2, 0.25) is 5.02 Å². The number of aryl methyl sites for hydroxylation is 1. The molecule has 3 aromatic rings. The molecule has 1 heterocycles. The molecule has 0 unspecified atom stereocenters. The zero-order chi connectivity index (χ0) is 17.6. The van der Waals surface area contributed by atoms with Gasteiger partial charge in [0.25, 0.3) is 0 Å². The fourth-order valence-corrected chi connectivity index (χ4v) is 2.42. The van der Waals surface area contributed by atoms with E-state index in [1.54, 1.807) is 0 Å².